The fourth-order valence-corrected chi connectivity index (χ4v) is 12.9. The quantitative estimate of drug-likeness (QED) is 0.0297. The second-order valence-corrected chi connectivity index (χ2v) is 20.9. The molecule has 0 atom stereocenters. The predicted octanol–water partition coefficient (Wildman–Crippen LogP) is 10.3. The molecular weight excluding hydrogens is 909 g/mol. The lowest BCUT2D eigenvalue weighted by Gasteiger charge is -2.36. The largest absolute Gasteiger partial charge is 0.465 e. The van der Waals surface area contributed by atoms with Crippen LogP contribution in [0.25, 0.3) is 0 Å². The van der Waals surface area contributed by atoms with Gasteiger partial charge in [-0.05, 0) is 164 Å². The molecule has 5 aliphatic rings. The SMILES string of the molecule is C=CC(=O)OCCCCOC(=O)C1CCC(C2CCC(C(=O)Oc3ccc(OC(=O)C4CCC(C5CCC(C(=O)OCCCCOC(=O)C=C)CC5)CC4)c4c3SC(=C(C#N)C#N)S4)CC2)CC1. The van der Waals surface area contributed by atoms with Crippen LogP contribution in [0.4, 0.5) is 0 Å². The van der Waals surface area contributed by atoms with Gasteiger partial charge in [-0.3, -0.25) is 19.2 Å². The van der Waals surface area contributed by atoms with Crippen LogP contribution in [0.2, 0.25) is 0 Å². The van der Waals surface area contributed by atoms with E-state index in [1.807, 2.05) is 12.1 Å². The van der Waals surface area contributed by atoms with Gasteiger partial charge in [-0.15, -0.1) is 0 Å². The van der Waals surface area contributed by atoms with E-state index in [9.17, 15) is 39.3 Å². The Morgan fingerprint density at radius 3 is 1.07 bits per heavy atom. The average Bonchev–Trinajstić information content (AvgIpc) is 3.83. The Morgan fingerprint density at radius 1 is 0.485 bits per heavy atom. The van der Waals surface area contributed by atoms with Crippen molar-refractivity contribution in [3.05, 3.63) is 47.3 Å². The van der Waals surface area contributed by atoms with Crippen molar-refractivity contribution >= 4 is 59.3 Å². The van der Waals surface area contributed by atoms with Gasteiger partial charge >= 0.3 is 35.8 Å². The molecule has 1 aliphatic heterocycles. The Labute approximate surface area is 408 Å². The first-order chi connectivity index (χ1) is 33.0. The lowest BCUT2D eigenvalue weighted by molar-refractivity contribution is -0.151. The van der Waals surface area contributed by atoms with Gasteiger partial charge in [0.15, 0.2) is 0 Å². The second-order valence-electron chi connectivity index (χ2n) is 18.6. The molecule has 68 heavy (non-hydrogen) atoms. The minimum absolute atomic E-state index is 0.0688. The van der Waals surface area contributed by atoms with Crippen molar-refractivity contribution in [2.75, 3.05) is 26.4 Å². The number of allylic oxidation sites excluding steroid dienone is 1. The van der Waals surface area contributed by atoms with Crippen LogP contribution in [-0.4, -0.2) is 62.2 Å². The number of ether oxygens (including phenoxy) is 6. The van der Waals surface area contributed by atoms with Crippen LogP contribution < -0.4 is 9.47 Å². The number of hydrogen-bond acceptors (Lipinski definition) is 16. The molecular formula is C52H64N2O12S2. The van der Waals surface area contributed by atoms with Crippen LogP contribution >= 0.6 is 23.5 Å². The standard InChI is InChI=1S/C52H64N2O12S2/c1-3-44(55)61-27-5-7-29-63-48(57)37-17-9-33(10-18-37)35-13-21-39(22-14-35)50(59)65-42-25-26-43(47-46(42)67-52(68-47)41(31-53)32-54)66-51(60)40-23-15-36(16-24-40)34-11-19-38(20-12-34)49(58)64-30-8-6-28-62-45(56)4-2/h3-4,25-26,33-40H,1-2,5-24,27-30H2. The maximum absolute atomic E-state index is 13.7. The third-order valence-corrected chi connectivity index (χ3v) is 17.0. The fraction of sp³-hybridized carbons (Fsp3) is 0.615. The van der Waals surface area contributed by atoms with E-state index in [1.165, 1.54) is 23.5 Å². The van der Waals surface area contributed by atoms with Crippen molar-refractivity contribution < 1.29 is 57.2 Å². The number of carbonyl (C=O) groups excluding carboxylic acids is 6. The zero-order valence-corrected chi connectivity index (χ0v) is 40.6. The summed E-state index contributed by atoms with van der Waals surface area (Å²) in [6.07, 6.45) is 18.1. The highest BCUT2D eigenvalue weighted by Crippen LogP contribution is 2.59. The number of fused-ring (bicyclic) bond motifs is 1. The number of thioether (sulfide) groups is 2. The average molecular weight is 973 g/mol. The number of unbranched alkanes of at least 4 members (excludes halogenated alkanes) is 2. The highest BCUT2D eigenvalue weighted by Gasteiger charge is 2.39. The zero-order valence-electron chi connectivity index (χ0n) is 38.9. The van der Waals surface area contributed by atoms with E-state index in [0.29, 0.717) is 114 Å². The molecule has 0 spiro atoms. The monoisotopic (exact) mass is 972 g/mol. The van der Waals surface area contributed by atoms with E-state index in [-0.39, 0.29) is 66.3 Å². The summed E-state index contributed by atoms with van der Waals surface area (Å²) in [6.45, 7) is 7.89. The molecule has 0 saturated heterocycles. The number of esters is 6. The Kier molecular flexibility index (Phi) is 20.5. The molecule has 14 nitrogen and oxygen atoms in total. The number of benzene rings is 1. The third-order valence-electron chi connectivity index (χ3n) is 14.4. The second kappa shape index (κ2) is 26.6. The van der Waals surface area contributed by atoms with Crippen LogP contribution in [0.1, 0.15) is 128 Å². The number of carbonyl (C=O) groups is 6. The highest BCUT2D eigenvalue weighted by molar-refractivity contribution is 8.24. The van der Waals surface area contributed by atoms with E-state index in [0.717, 1.165) is 89.2 Å². The third kappa shape index (κ3) is 14.7. The van der Waals surface area contributed by atoms with Crippen LogP contribution in [-0.2, 0) is 47.7 Å². The number of hydrogen-bond donors (Lipinski definition) is 0. The van der Waals surface area contributed by atoms with E-state index < -0.39 is 11.9 Å². The normalized spacial score (nSPS) is 25.5. The van der Waals surface area contributed by atoms with Crippen molar-refractivity contribution in [1.29, 1.82) is 10.5 Å². The minimum atomic E-state index is -0.461. The molecule has 0 aromatic heterocycles. The first-order valence-corrected chi connectivity index (χ1v) is 26.1. The van der Waals surface area contributed by atoms with Crippen molar-refractivity contribution in [3.8, 4) is 23.6 Å². The summed E-state index contributed by atoms with van der Waals surface area (Å²) in [4.78, 5) is 76.1. The predicted molar refractivity (Wildman–Crippen MR) is 252 cm³/mol. The molecule has 0 bridgehead atoms. The Hall–Kier alpha value is -5.06. The van der Waals surface area contributed by atoms with Gasteiger partial charge in [0.2, 0.25) is 0 Å². The van der Waals surface area contributed by atoms with Gasteiger partial charge in [0.1, 0.15) is 29.2 Å². The first kappa shape index (κ1) is 52.3. The molecule has 1 aromatic rings. The first-order valence-electron chi connectivity index (χ1n) is 24.4. The van der Waals surface area contributed by atoms with E-state index in [4.69, 9.17) is 28.4 Å². The van der Waals surface area contributed by atoms with Gasteiger partial charge in [0.25, 0.3) is 0 Å². The van der Waals surface area contributed by atoms with Gasteiger partial charge in [-0.2, -0.15) is 10.5 Å². The lowest BCUT2D eigenvalue weighted by atomic mass is 9.69. The molecule has 0 unspecified atom stereocenters. The number of rotatable bonds is 20. The fourth-order valence-electron chi connectivity index (χ4n) is 10.4. The number of nitrogens with zero attached hydrogens (tertiary/aromatic N) is 2. The lowest BCUT2D eigenvalue weighted by Crippen LogP contribution is -2.31. The van der Waals surface area contributed by atoms with Crippen molar-refractivity contribution in [2.45, 2.75) is 138 Å². The summed E-state index contributed by atoms with van der Waals surface area (Å²) in [5, 5.41) is 19.4. The smallest absolute Gasteiger partial charge is 0.330 e. The molecule has 1 heterocycles. The van der Waals surface area contributed by atoms with Crippen molar-refractivity contribution in [2.24, 2.45) is 47.3 Å². The maximum atomic E-state index is 13.7. The summed E-state index contributed by atoms with van der Waals surface area (Å²) < 4.78 is 33.5. The Balaban J connectivity index is 0.933. The van der Waals surface area contributed by atoms with Gasteiger partial charge in [-0.25, -0.2) is 9.59 Å². The zero-order chi connectivity index (χ0) is 48.4. The van der Waals surface area contributed by atoms with Crippen LogP contribution in [0, 0.1) is 70.0 Å². The maximum Gasteiger partial charge on any atom is 0.330 e. The molecule has 0 N–H and O–H groups in total. The molecule has 16 heteroatoms. The summed E-state index contributed by atoms with van der Waals surface area (Å²) in [5.74, 6) is -0.0993. The molecule has 4 saturated carbocycles. The molecule has 366 valence electrons. The van der Waals surface area contributed by atoms with Crippen molar-refractivity contribution in [3.63, 3.8) is 0 Å². The van der Waals surface area contributed by atoms with Crippen LogP contribution in [0.5, 0.6) is 11.5 Å². The van der Waals surface area contributed by atoms with E-state index >= 15 is 0 Å². The van der Waals surface area contributed by atoms with E-state index in [2.05, 4.69) is 13.2 Å². The van der Waals surface area contributed by atoms with E-state index in [1.54, 1.807) is 12.1 Å². The molecule has 0 radical (unpaired) electrons. The van der Waals surface area contributed by atoms with Gasteiger partial charge < -0.3 is 28.4 Å². The van der Waals surface area contributed by atoms with Gasteiger partial charge in [-0.1, -0.05) is 36.7 Å². The molecule has 1 aromatic carbocycles. The summed E-state index contributed by atoms with van der Waals surface area (Å²) in [7, 11) is 0. The minimum Gasteiger partial charge on any atom is -0.465 e. The molecule has 6 rings (SSSR count). The number of nitriles is 2. The summed E-state index contributed by atoms with van der Waals surface area (Å²) in [6, 6.07) is 7.18. The van der Waals surface area contributed by atoms with Crippen molar-refractivity contribution in [1.82, 2.24) is 0 Å². The summed E-state index contributed by atoms with van der Waals surface area (Å²) >= 11 is 2.34. The van der Waals surface area contributed by atoms with Crippen LogP contribution in [0.15, 0.2) is 57.0 Å². The molecule has 4 fully saturated rings. The Bertz CT molecular complexity index is 1970. The summed E-state index contributed by atoms with van der Waals surface area (Å²) in [5.41, 5.74) is -0.0688. The van der Waals surface area contributed by atoms with Crippen LogP contribution in [0.3, 0.4) is 0 Å². The molecule has 0 amide bonds. The van der Waals surface area contributed by atoms with Gasteiger partial charge in [0, 0.05) is 12.2 Å². The highest BCUT2D eigenvalue weighted by atomic mass is 32.2. The Morgan fingerprint density at radius 2 is 0.779 bits per heavy atom. The van der Waals surface area contributed by atoms with Gasteiger partial charge in [0.05, 0.1) is 64.1 Å². The molecule has 4 aliphatic carbocycles. The topological polar surface area (TPSA) is 205 Å².